The van der Waals surface area contributed by atoms with Gasteiger partial charge in [0.25, 0.3) is 7.30 Å². The second-order valence-electron chi connectivity index (χ2n) is 4.00. The number of methoxy groups -OCH3 is 1. The van der Waals surface area contributed by atoms with Crippen LogP contribution in [0.5, 0.6) is 5.75 Å². The zero-order valence-corrected chi connectivity index (χ0v) is 12.1. The lowest BCUT2D eigenvalue weighted by molar-refractivity contribution is -0.161. The third-order valence-electron chi connectivity index (χ3n) is 2.29. The number of hydrogen-bond donors (Lipinski definition) is 0. The van der Waals surface area contributed by atoms with E-state index in [1.807, 2.05) is 6.07 Å². The molecule has 7 heteroatoms. The number of carbonyl (C=O) groups is 1. The topological polar surface area (TPSA) is 55.8 Å². The number of nitrogens with zero attached hydrogens (tertiary/aromatic N) is 1. The van der Waals surface area contributed by atoms with E-state index in [2.05, 4.69) is 4.74 Å². The van der Waals surface area contributed by atoms with Crippen LogP contribution in [0.2, 0.25) is 0 Å². The summed E-state index contributed by atoms with van der Waals surface area (Å²) >= 11 is 5.62. The number of carbonyl (C=O) groups excluding carboxylic acids is 1. The molecule has 5 nitrogen and oxygen atoms in total. The van der Waals surface area contributed by atoms with Gasteiger partial charge in [-0.1, -0.05) is 23.0 Å². The van der Waals surface area contributed by atoms with Gasteiger partial charge < -0.3 is 9.57 Å². The Morgan fingerprint density at radius 3 is 2.33 bits per heavy atom. The van der Waals surface area contributed by atoms with Crippen LogP contribution in [0.3, 0.4) is 0 Å². The molecule has 0 heterocycles. The third-order valence-corrected chi connectivity index (χ3v) is 3.72. The fourth-order valence-electron chi connectivity index (χ4n) is 1.29. The lowest BCUT2D eigenvalue weighted by Crippen LogP contribution is -2.48. The zero-order valence-electron chi connectivity index (χ0n) is 10.3. The van der Waals surface area contributed by atoms with Gasteiger partial charge in [-0.3, -0.25) is 4.57 Å². The minimum Gasteiger partial charge on any atom is -0.468 e. The van der Waals surface area contributed by atoms with Crippen molar-refractivity contribution >= 4 is 24.5 Å². The van der Waals surface area contributed by atoms with E-state index >= 15 is 0 Å². The van der Waals surface area contributed by atoms with Crippen molar-refractivity contribution in [1.82, 2.24) is 4.83 Å². The highest BCUT2D eigenvalue weighted by molar-refractivity contribution is 7.71. The number of rotatable bonds is 5. The summed E-state index contributed by atoms with van der Waals surface area (Å²) < 4.78 is 16.2. The molecule has 0 saturated heterocycles. The average Bonchev–Trinajstić information content (AvgIpc) is 2.35. The molecule has 0 aliphatic rings. The normalized spacial score (nSPS) is 13.2. The van der Waals surface area contributed by atoms with Gasteiger partial charge in [0.2, 0.25) is 0 Å². The van der Waals surface area contributed by atoms with Crippen molar-refractivity contribution in [3.8, 4) is 5.75 Å². The maximum Gasteiger partial charge on any atom is 0.329 e. The van der Waals surface area contributed by atoms with Crippen molar-refractivity contribution in [1.29, 1.82) is 0 Å². The van der Waals surface area contributed by atoms with Crippen LogP contribution in [0.4, 0.5) is 0 Å². The Bertz CT molecular complexity index is 438. The quantitative estimate of drug-likeness (QED) is 0.474. The number of hydroxylamine groups is 1. The van der Waals surface area contributed by atoms with Crippen LogP contribution in [0.25, 0.3) is 0 Å². The predicted molar refractivity (Wildman–Crippen MR) is 69.9 cm³/mol. The van der Waals surface area contributed by atoms with Crippen molar-refractivity contribution in [2.24, 2.45) is 0 Å². The van der Waals surface area contributed by atoms with Gasteiger partial charge in [-0.05, 0) is 37.2 Å². The number of esters is 1. The van der Waals surface area contributed by atoms with Crippen LogP contribution in [0, 0.1) is 0 Å². The second-order valence-corrected chi connectivity index (χ2v) is 5.88. The van der Waals surface area contributed by atoms with E-state index in [4.69, 9.17) is 16.1 Å². The fraction of sp³-hybridized carbons (Fsp3) is 0.364. The molecule has 0 radical (unpaired) electrons. The molecule has 100 valence electrons. The molecule has 0 fully saturated rings. The van der Waals surface area contributed by atoms with Gasteiger partial charge in [0, 0.05) is 0 Å². The zero-order chi connectivity index (χ0) is 13.8. The molecule has 0 amide bonds. The number of halogens is 1. The van der Waals surface area contributed by atoms with Gasteiger partial charge in [-0.2, -0.15) is 0 Å². The van der Waals surface area contributed by atoms with Crippen LogP contribution < -0.4 is 4.84 Å². The summed E-state index contributed by atoms with van der Waals surface area (Å²) in [6.07, 6.45) is 0. The average molecular weight is 292 g/mol. The Morgan fingerprint density at radius 1 is 1.33 bits per heavy atom. The molecular weight excluding hydrogens is 277 g/mol. The molecule has 0 aromatic heterocycles. The van der Waals surface area contributed by atoms with E-state index in [0.717, 1.165) is 4.83 Å². The van der Waals surface area contributed by atoms with E-state index in [1.165, 1.54) is 21.0 Å². The second kappa shape index (κ2) is 6.23. The number of para-hydroxylation sites is 1. The Kier molecular flexibility index (Phi) is 5.20. The van der Waals surface area contributed by atoms with Gasteiger partial charge in [-0.15, -0.1) is 0 Å². The van der Waals surface area contributed by atoms with E-state index in [9.17, 15) is 9.36 Å². The molecule has 0 bridgehead atoms. The molecule has 1 rings (SSSR count). The Labute approximate surface area is 111 Å². The molecule has 0 saturated carbocycles. The highest BCUT2D eigenvalue weighted by Gasteiger charge is 2.41. The highest BCUT2D eigenvalue weighted by atomic mass is 35.7. The van der Waals surface area contributed by atoms with Crippen molar-refractivity contribution in [2.75, 3.05) is 7.11 Å². The van der Waals surface area contributed by atoms with Crippen LogP contribution >= 0.6 is 18.5 Å². The number of hydrogen-bond acceptors (Lipinski definition) is 4. The van der Waals surface area contributed by atoms with Crippen molar-refractivity contribution in [3.05, 3.63) is 30.3 Å². The minimum absolute atomic E-state index is 0.438. The first-order valence-corrected chi connectivity index (χ1v) is 7.57. The summed E-state index contributed by atoms with van der Waals surface area (Å²) in [6.45, 7) is 3.04. The summed E-state index contributed by atoms with van der Waals surface area (Å²) in [5.74, 6) is -0.147. The van der Waals surface area contributed by atoms with Gasteiger partial charge in [0.05, 0.1) is 7.11 Å². The van der Waals surface area contributed by atoms with Crippen LogP contribution in [0.15, 0.2) is 30.3 Å². The van der Waals surface area contributed by atoms with Crippen LogP contribution in [-0.2, 0) is 14.1 Å². The largest absolute Gasteiger partial charge is 0.468 e. The van der Waals surface area contributed by atoms with E-state index in [0.29, 0.717) is 5.75 Å². The summed E-state index contributed by atoms with van der Waals surface area (Å²) in [4.78, 5) is 18.0. The summed E-state index contributed by atoms with van der Waals surface area (Å²) in [6, 6.07) is 8.66. The monoisotopic (exact) mass is 291 g/mol. The molecule has 0 N–H and O–H groups in total. The van der Waals surface area contributed by atoms with Gasteiger partial charge in [0.15, 0.2) is 5.54 Å². The van der Waals surface area contributed by atoms with Crippen LogP contribution in [-0.4, -0.2) is 23.5 Å². The molecular formula is C11H15ClNO4P. The fourth-order valence-corrected chi connectivity index (χ4v) is 2.73. The Balaban J connectivity index is 2.97. The minimum atomic E-state index is -2.75. The first-order chi connectivity index (χ1) is 8.39. The molecule has 0 aliphatic carbocycles. The standard InChI is InChI=1S/C11H15ClNO4P/c1-11(2,10(14)16-3)13(18(12)15)17-9-7-5-4-6-8-9/h4-8,18H,1-3H3. The highest BCUT2D eigenvalue weighted by Crippen LogP contribution is 2.40. The number of ether oxygens (including phenoxy) is 1. The first-order valence-electron chi connectivity index (χ1n) is 5.20. The van der Waals surface area contributed by atoms with Gasteiger partial charge in [0.1, 0.15) is 5.75 Å². The maximum atomic E-state index is 11.6. The maximum absolute atomic E-state index is 11.6. The molecule has 18 heavy (non-hydrogen) atoms. The van der Waals surface area contributed by atoms with Gasteiger partial charge in [-0.25, -0.2) is 4.79 Å². The van der Waals surface area contributed by atoms with E-state index in [-0.39, 0.29) is 0 Å². The Morgan fingerprint density at radius 2 is 1.89 bits per heavy atom. The molecule has 1 atom stereocenters. The first kappa shape index (κ1) is 15.0. The van der Waals surface area contributed by atoms with E-state index < -0.39 is 18.8 Å². The van der Waals surface area contributed by atoms with Crippen molar-refractivity contribution in [2.45, 2.75) is 19.4 Å². The summed E-state index contributed by atoms with van der Waals surface area (Å²) in [5.41, 5.74) is -1.25. The Hall–Kier alpha value is -1.03. The predicted octanol–water partition coefficient (Wildman–Crippen LogP) is 2.86. The number of benzene rings is 1. The smallest absolute Gasteiger partial charge is 0.329 e. The SMILES string of the molecule is COC(=O)C(C)(C)N(Oc1ccccc1)[PH](=O)Cl. The van der Waals surface area contributed by atoms with Gasteiger partial charge >= 0.3 is 5.97 Å². The summed E-state index contributed by atoms with van der Waals surface area (Å²) in [5, 5.41) is 0. The molecule has 1 aromatic carbocycles. The summed E-state index contributed by atoms with van der Waals surface area (Å²) in [7, 11) is -1.50. The van der Waals surface area contributed by atoms with E-state index in [1.54, 1.807) is 24.3 Å². The van der Waals surface area contributed by atoms with Crippen molar-refractivity contribution in [3.63, 3.8) is 0 Å². The molecule has 0 spiro atoms. The third kappa shape index (κ3) is 3.48. The molecule has 0 aliphatic heterocycles. The van der Waals surface area contributed by atoms with Crippen LogP contribution in [0.1, 0.15) is 13.8 Å². The van der Waals surface area contributed by atoms with Crippen molar-refractivity contribution < 1.29 is 18.9 Å². The molecule has 1 aromatic rings. The lowest BCUT2D eigenvalue weighted by Gasteiger charge is -2.32. The molecule has 1 unspecified atom stereocenters. The lowest BCUT2D eigenvalue weighted by atomic mass is 10.1.